The van der Waals surface area contributed by atoms with Gasteiger partial charge in [0.15, 0.2) is 0 Å². The summed E-state index contributed by atoms with van der Waals surface area (Å²) in [6.45, 7) is 8.33. The summed E-state index contributed by atoms with van der Waals surface area (Å²) in [7, 11) is 0. The van der Waals surface area contributed by atoms with Crippen molar-refractivity contribution in [3.8, 4) is 0 Å². The summed E-state index contributed by atoms with van der Waals surface area (Å²) in [5, 5.41) is 0. The molecule has 0 radical (unpaired) electrons. The van der Waals surface area contributed by atoms with Crippen LogP contribution in [0.4, 0.5) is 0 Å². The first kappa shape index (κ1) is 7.11. The Morgan fingerprint density at radius 3 is 2.36 bits per heavy atom. The highest BCUT2D eigenvalue weighted by atomic mass is 16.5. The Labute approximate surface area is 67.7 Å². The van der Waals surface area contributed by atoms with Crippen LogP contribution in [-0.4, -0.2) is 12.2 Å². The Bertz CT molecular complexity index is 217. The van der Waals surface area contributed by atoms with Crippen molar-refractivity contribution in [3.63, 3.8) is 0 Å². The number of rotatable bonds is 1. The molecule has 2 rings (SSSR count). The minimum atomic E-state index is 0.326. The van der Waals surface area contributed by atoms with Crippen molar-refractivity contribution in [2.45, 2.75) is 26.1 Å². The van der Waals surface area contributed by atoms with E-state index in [-0.39, 0.29) is 0 Å². The lowest BCUT2D eigenvalue weighted by Gasteiger charge is -2.21. The zero-order chi connectivity index (χ0) is 8.01. The van der Waals surface area contributed by atoms with Crippen LogP contribution < -0.4 is 0 Å². The fraction of sp³-hybridized carbons (Fsp3) is 0.600. The van der Waals surface area contributed by atoms with Crippen LogP contribution in [0.3, 0.4) is 0 Å². The predicted octanol–water partition coefficient (Wildman–Crippen LogP) is 2.15. The normalized spacial score (nSPS) is 46.7. The summed E-state index contributed by atoms with van der Waals surface area (Å²) in [6.07, 6.45) is 5.04. The summed E-state index contributed by atoms with van der Waals surface area (Å²) in [5.41, 5.74) is 1.26. The first-order chi connectivity index (χ1) is 5.20. The molecule has 0 aromatic carbocycles. The molecule has 2 bridgehead atoms. The maximum atomic E-state index is 5.69. The molecule has 1 nitrogen and oxygen atoms in total. The summed E-state index contributed by atoms with van der Waals surface area (Å²) in [6, 6.07) is 0. The molecule has 0 saturated carbocycles. The summed E-state index contributed by atoms with van der Waals surface area (Å²) >= 11 is 0. The van der Waals surface area contributed by atoms with Crippen molar-refractivity contribution in [2.75, 3.05) is 0 Å². The van der Waals surface area contributed by atoms with E-state index in [0.29, 0.717) is 24.0 Å². The molecular weight excluding hydrogens is 136 g/mol. The van der Waals surface area contributed by atoms with Gasteiger partial charge in [-0.15, -0.1) is 0 Å². The molecule has 1 fully saturated rings. The minimum absolute atomic E-state index is 0.326. The van der Waals surface area contributed by atoms with Gasteiger partial charge in [-0.05, 0) is 12.8 Å². The first-order valence-electron chi connectivity index (χ1n) is 4.19. The smallest absolute Gasteiger partial charge is 0.0833 e. The Morgan fingerprint density at radius 2 is 2.00 bits per heavy atom. The molecule has 2 aliphatic heterocycles. The van der Waals surface area contributed by atoms with Gasteiger partial charge in [-0.2, -0.15) is 0 Å². The molecule has 0 aliphatic carbocycles. The highest BCUT2D eigenvalue weighted by molar-refractivity contribution is 5.20. The third-order valence-corrected chi connectivity index (χ3v) is 2.81. The van der Waals surface area contributed by atoms with Crippen LogP contribution in [0.2, 0.25) is 0 Å². The number of hydrogen-bond donors (Lipinski definition) is 0. The van der Waals surface area contributed by atoms with Gasteiger partial charge in [-0.25, -0.2) is 0 Å². The van der Waals surface area contributed by atoms with Crippen molar-refractivity contribution in [1.82, 2.24) is 0 Å². The van der Waals surface area contributed by atoms with Gasteiger partial charge in [0.2, 0.25) is 0 Å². The average molecular weight is 150 g/mol. The topological polar surface area (TPSA) is 9.23 Å². The van der Waals surface area contributed by atoms with E-state index in [2.05, 4.69) is 32.6 Å². The van der Waals surface area contributed by atoms with Gasteiger partial charge in [-0.3, -0.25) is 0 Å². The molecule has 60 valence electrons. The van der Waals surface area contributed by atoms with Crippen LogP contribution >= 0.6 is 0 Å². The number of hydrogen-bond acceptors (Lipinski definition) is 1. The molecule has 2 heterocycles. The quantitative estimate of drug-likeness (QED) is 0.520. The summed E-state index contributed by atoms with van der Waals surface area (Å²) in [5.74, 6) is 1.19. The number of ether oxygens (including phenoxy) is 1. The molecule has 0 spiro atoms. The van der Waals surface area contributed by atoms with Gasteiger partial charge in [-0.1, -0.05) is 31.2 Å². The van der Waals surface area contributed by atoms with E-state index in [1.54, 1.807) is 0 Å². The highest BCUT2D eigenvalue weighted by Gasteiger charge is 2.43. The van der Waals surface area contributed by atoms with Gasteiger partial charge in [0.1, 0.15) is 0 Å². The Balaban J connectivity index is 2.25. The Hall–Kier alpha value is -0.560. The fourth-order valence-corrected chi connectivity index (χ4v) is 2.23. The third-order valence-electron chi connectivity index (χ3n) is 2.81. The lowest BCUT2D eigenvalue weighted by atomic mass is 9.80. The van der Waals surface area contributed by atoms with E-state index in [4.69, 9.17) is 4.74 Å². The molecule has 2 aliphatic rings. The average Bonchev–Trinajstić information content (AvgIpc) is 2.44. The summed E-state index contributed by atoms with van der Waals surface area (Å²) < 4.78 is 5.69. The van der Waals surface area contributed by atoms with Crippen molar-refractivity contribution >= 4 is 0 Å². The second-order valence-electron chi connectivity index (χ2n) is 3.68. The van der Waals surface area contributed by atoms with Crippen molar-refractivity contribution in [2.24, 2.45) is 11.8 Å². The maximum absolute atomic E-state index is 5.69. The van der Waals surface area contributed by atoms with Gasteiger partial charge >= 0.3 is 0 Å². The molecule has 1 heteroatoms. The van der Waals surface area contributed by atoms with Crippen LogP contribution in [0.1, 0.15) is 13.8 Å². The van der Waals surface area contributed by atoms with E-state index in [1.807, 2.05) is 0 Å². The maximum Gasteiger partial charge on any atom is 0.0833 e. The highest BCUT2D eigenvalue weighted by Crippen LogP contribution is 2.41. The molecular formula is C10H14O. The molecule has 0 aromatic heterocycles. The first-order valence-corrected chi connectivity index (χ1v) is 4.19. The molecule has 4 atom stereocenters. The third kappa shape index (κ3) is 0.875. The van der Waals surface area contributed by atoms with Crippen LogP contribution in [0.5, 0.6) is 0 Å². The lowest BCUT2D eigenvalue weighted by Crippen LogP contribution is -2.21. The van der Waals surface area contributed by atoms with Gasteiger partial charge < -0.3 is 4.74 Å². The molecule has 4 unspecified atom stereocenters. The number of fused-ring (bicyclic) bond motifs is 2. The molecule has 0 aromatic rings. The van der Waals surface area contributed by atoms with Crippen molar-refractivity contribution in [1.29, 1.82) is 0 Å². The van der Waals surface area contributed by atoms with Gasteiger partial charge in [0, 0.05) is 5.92 Å². The zero-order valence-electron chi connectivity index (χ0n) is 7.08. The summed E-state index contributed by atoms with van der Waals surface area (Å²) in [4.78, 5) is 0. The van der Waals surface area contributed by atoms with Crippen LogP contribution in [0.15, 0.2) is 24.3 Å². The molecule has 11 heavy (non-hydrogen) atoms. The lowest BCUT2D eigenvalue weighted by molar-refractivity contribution is 0.106. The van der Waals surface area contributed by atoms with E-state index in [9.17, 15) is 0 Å². The monoisotopic (exact) mass is 150 g/mol. The van der Waals surface area contributed by atoms with Crippen molar-refractivity contribution < 1.29 is 4.74 Å². The second kappa shape index (κ2) is 2.21. The van der Waals surface area contributed by atoms with Gasteiger partial charge in [0.05, 0.1) is 12.2 Å². The molecule has 0 amide bonds. The minimum Gasteiger partial charge on any atom is -0.366 e. The van der Waals surface area contributed by atoms with Crippen LogP contribution in [-0.2, 0) is 4.74 Å². The zero-order valence-corrected chi connectivity index (χ0v) is 7.08. The molecule has 0 N–H and O–H groups in total. The predicted molar refractivity (Wildman–Crippen MR) is 45.3 cm³/mol. The van der Waals surface area contributed by atoms with Crippen molar-refractivity contribution in [3.05, 3.63) is 24.3 Å². The van der Waals surface area contributed by atoms with Crippen LogP contribution in [0.25, 0.3) is 0 Å². The van der Waals surface area contributed by atoms with E-state index in [0.717, 1.165) is 0 Å². The Kier molecular flexibility index (Phi) is 1.43. The fourth-order valence-electron chi connectivity index (χ4n) is 2.23. The van der Waals surface area contributed by atoms with E-state index in [1.165, 1.54) is 5.57 Å². The SMILES string of the molecule is C=C(C)C1C2C=CC(O2)C1C. The van der Waals surface area contributed by atoms with Gasteiger partial charge in [0.25, 0.3) is 0 Å². The van der Waals surface area contributed by atoms with Crippen LogP contribution in [0, 0.1) is 11.8 Å². The second-order valence-corrected chi connectivity index (χ2v) is 3.68. The standard InChI is InChI=1S/C10H14O/c1-6(2)10-7(3)8-4-5-9(10)11-8/h4-5,7-10H,1H2,2-3H3. The van der Waals surface area contributed by atoms with E-state index < -0.39 is 0 Å². The largest absolute Gasteiger partial charge is 0.366 e. The van der Waals surface area contributed by atoms with E-state index >= 15 is 0 Å². The molecule has 1 saturated heterocycles. The Morgan fingerprint density at radius 1 is 1.36 bits per heavy atom.